The lowest BCUT2D eigenvalue weighted by atomic mass is 9.93. The summed E-state index contributed by atoms with van der Waals surface area (Å²) in [5.41, 5.74) is 0. The fourth-order valence-electron chi connectivity index (χ4n) is 0.826. The van der Waals surface area contributed by atoms with Crippen LogP contribution in [-0.4, -0.2) is 4.83 Å². The van der Waals surface area contributed by atoms with E-state index in [0.29, 0.717) is 4.83 Å². The molecule has 0 fully saturated rings. The average Bonchev–Trinajstić information content (AvgIpc) is 1.82. The Morgan fingerprint density at radius 2 is 1.50 bits per heavy atom. The average molecular weight is 207 g/mol. The third-order valence-electron chi connectivity index (χ3n) is 2.16. The third-order valence-corrected chi connectivity index (χ3v) is 2.62. The second kappa shape index (κ2) is 5.17. The van der Waals surface area contributed by atoms with Gasteiger partial charge in [-0.1, -0.05) is 43.6 Å². The van der Waals surface area contributed by atoms with E-state index in [1.165, 1.54) is 12.8 Å². The van der Waals surface area contributed by atoms with E-state index in [4.69, 9.17) is 0 Å². The highest BCUT2D eigenvalue weighted by molar-refractivity contribution is 9.09. The van der Waals surface area contributed by atoms with Gasteiger partial charge in [0.05, 0.1) is 0 Å². The molecule has 2 atom stereocenters. The zero-order valence-corrected chi connectivity index (χ0v) is 9.11. The van der Waals surface area contributed by atoms with Crippen LogP contribution < -0.4 is 0 Å². The molecule has 0 radical (unpaired) electrons. The maximum absolute atomic E-state index is 3.55. The van der Waals surface area contributed by atoms with Crippen molar-refractivity contribution in [2.75, 3.05) is 0 Å². The first-order valence-electron chi connectivity index (χ1n) is 4.18. The minimum Gasteiger partial charge on any atom is -0.0894 e. The first-order chi connectivity index (χ1) is 4.54. The maximum atomic E-state index is 3.55. The minimum absolute atomic E-state index is 0.689. The van der Waals surface area contributed by atoms with Gasteiger partial charge in [-0.25, -0.2) is 0 Å². The molecule has 0 aliphatic rings. The standard InChI is InChI=1S/C9H19Br/c1-7(2)8(3)5-6-9(4)10/h7-9H,5-6H2,1-4H3. The second-order valence-electron chi connectivity index (χ2n) is 3.58. The fourth-order valence-corrected chi connectivity index (χ4v) is 1.09. The lowest BCUT2D eigenvalue weighted by Gasteiger charge is -2.15. The van der Waals surface area contributed by atoms with Crippen molar-refractivity contribution in [3.05, 3.63) is 0 Å². The molecule has 0 heterocycles. The summed E-state index contributed by atoms with van der Waals surface area (Å²) in [4.78, 5) is 0.689. The minimum atomic E-state index is 0.689. The van der Waals surface area contributed by atoms with Gasteiger partial charge >= 0.3 is 0 Å². The number of hydrogen-bond donors (Lipinski definition) is 0. The summed E-state index contributed by atoms with van der Waals surface area (Å²) in [7, 11) is 0. The molecule has 0 bridgehead atoms. The highest BCUT2D eigenvalue weighted by atomic mass is 79.9. The predicted octanol–water partition coefficient (Wildman–Crippen LogP) is 3.84. The largest absolute Gasteiger partial charge is 0.0894 e. The number of halogens is 1. The van der Waals surface area contributed by atoms with Crippen LogP contribution in [0.1, 0.15) is 40.5 Å². The van der Waals surface area contributed by atoms with Gasteiger partial charge in [-0.05, 0) is 24.7 Å². The van der Waals surface area contributed by atoms with Gasteiger partial charge in [0.25, 0.3) is 0 Å². The quantitative estimate of drug-likeness (QED) is 0.614. The molecule has 0 N–H and O–H groups in total. The summed E-state index contributed by atoms with van der Waals surface area (Å²) in [6.45, 7) is 9.14. The van der Waals surface area contributed by atoms with Gasteiger partial charge in [-0.3, -0.25) is 0 Å². The monoisotopic (exact) mass is 206 g/mol. The number of rotatable bonds is 4. The van der Waals surface area contributed by atoms with Crippen LogP contribution >= 0.6 is 15.9 Å². The fraction of sp³-hybridized carbons (Fsp3) is 1.00. The lowest BCUT2D eigenvalue weighted by Crippen LogP contribution is -2.05. The molecular weight excluding hydrogens is 188 g/mol. The molecule has 0 aliphatic heterocycles. The Labute approximate surface area is 73.5 Å². The molecule has 0 saturated carbocycles. The van der Waals surface area contributed by atoms with Gasteiger partial charge < -0.3 is 0 Å². The van der Waals surface area contributed by atoms with Crippen molar-refractivity contribution in [2.24, 2.45) is 11.8 Å². The van der Waals surface area contributed by atoms with E-state index in [1.807, 2.05) is 0 Å². The van der Waals surface area contributed by atoms with Crippen molar-refractivity contribution < 1.29 is 0 Å². The van der Waals surface area contributed by atoms with Gasteiger partial charge in [0.1, 0.15) is 0 Å². The van der Waals surface area contributed by atoms with Crippen molar-refractivity contribution in [3.63, 3.8) is 0 Å². The summed E-state index contributed by atoms with van der Waals surface area (Å²) >= 11 is 3.55. The zero-order chi connectivity index (χ0) is 8.15. The van der Waals surface area contributed by atoms with Crippen molar-refractivity contribution in [1.82, 2.24) is 0 Å². The van der Waals surface area contributed by atoms with Crippen LogP contribution in [0.5, 0.6) is 0 Å². The van der Waals surface area contributed by atoms with Crippen LogP contribution in [0.2, 0.25) is 0 Å². The normalized spacial score (nSPS) is 17.4. The maximum Gasteiger partial charge on any atom is 0.0117 e. The topological polar surface area (TPSA) is 0 Å². The van der Waals surface area contributed by atoms with E-state index in [9.17, 15) is 0 Å². The Balaban J connectivity index is 3.30. The molecule has 62 valence electrons. The molecule has 2 unspecified atom stereocenters. The molecule has 0 aromatic heterocycles. The molecular formula is C9H19Br. The number of hydrogen-bond acceptors (Lipinski definition) is 0. The molecule has 0 nitrogen and oxygen atoms in total. The molecule has 10 heavy (non-hydrogen) atoms. The highest BCUT2D eigenvalue weighted by Gasteiger charge is 2.07. The lowest BCUT2D eigenvalue weighted by molar-refractivity contribution is 0.383. The molecule has 0 aromatic carbocycles. The summed E-state index contributed by atoms with van der Waals surface area (Å²) < 4.78 is 0. The van der Waals surface area contributed by atoms with Crippen LogP contribution in [0.3, 0.4) is 0 Å². The van der Waals surface area contributed by atoms with Crippen molar-refractivity contribution in [1.29, 1.82) is 0 Å². The molecule has 0 rings (SSSR count). The van der Waals surface area contributed by atoms with Crippen LogP contribution in [0.25, 0.3) is 0 Å². The van der Waals surface area contributed by atoms with Gasteiger partial charge in [-0.15, -0.1) is 0 Å². The molecule has 0 aliphatic carbocycles. The van der Waals surface area contributed by atoms with Crippen LogP contribution in [-0.2, 0) is 0 Å². The third kappa shape index (κ3) is 5.28. The van der Waals surface area contributed by atoms with Gasteiger partial charge in [0.15, 0.2) is 0 Å². The van der Waals surface area contributed by atoms with Gasteiger partial charge in [-0.2, -0.15) is 0 Å². The molecule has 1 heteroatoms. The molecule has 0 saturated heterocycles. The second-order valence-corrected chi connectivity index (χ2v) is 5.14. The summed E-state index contributed by atoms with van der Waals surface area (Å²) in [6, 6.07) is 0. The number of alkyl halides is 1. The first kappa shape index (κ1) is 10.5. The predicted molar refractivity (Wildman–Crippen MR) is 51.6 cm³/mol. The van der Waals surface area contributed by atoms with Crippen molar-refractivity contribution >= 4 is 15.9 Å². The van der Waals surface area contributed by atoms with E-state index in [2.05, 4.69) is 43.6 Å². The summed E-state index contributed by atoms with van der Waals surface area (Å²) in [5.74, 6) is 1.71. The van der Waals surface area contributed by atoms with Crippen LogP contribution in [0.15, 0.2) is 0 Å². The summed E-state index contributed by atoms with van der Waals surface area (Å²) in [5, 5.41) is 0. The van der Waals surface area contributed by atoms with E-state index >= 15 is 0 Å². The Bertz CT molecular complexity index is 76.8. The SMILES string of the molecule is CC(Br)CCC(C)C(C)C. The summed E-state index contributed by atoms with van der Waals surface area (Å²) in [6.07, 6.45) is 2.66. The Hall–Kier alpha value is 0.480. The van der Waals surface area contributed by atoms with Crippen LogP contribution in [0.4, 0.5) is 0 Å². The Kier molecular flexibility index (Phi) is 5.42. The van der Waals surface area contributed by atoms with Crippen molar-refractivity contribution in [2.45, 2.75) is 45.4 Å². The molecule has 0 amide bonds. The van der Waals surface area contributed by atoms with Crippen molar-refractivity contribution in [3.8, 4) is 0 Å². The Morgan fingerprint density at radius 3 is 1.80 bits per heavy atom. The van der Waals surface area contributed by atoms with Crippen LogP contribution in [0, 0.1) is 11.8 Å². The van der Waals surface area contributed by atoms with Gasteiger partial charge in [0.2, 0.25) is 0 Å². The highest BCUT2D eigenvalue weighted by Crippen LogP contribution is 2.19. The Morgan fingerprint density at radius 1 is 1.00 bits per heavy atom. The van der Waals surface area contributed by atoms with E-state index in [0.717, 1.165) is 11.8 Å². The molecule has 0 aromatic rings. The van der Waals surface area contributed by atoms with E-state index in [1.54, 1.807) is 0 Å². The smallest absolute Gasteiger partial charge is 0.0117 e. The zero-order valence-electron chi connectivity index (χ0n) is 7.52. The van der Waals surface area contributed by atoms with E-state index in [-0.39, 0.29) is 0 Å². The van der Waals surface area contributed by atoms with E-state index < -0.39 is 0 Å². The molecule has 0 spiro atoms. The van der Waals surface area contributed by atoms with Gasteiger partial charge in [0, 0.05) is 4.83 Å². The first-order valence-corrected chi connectivity index (χ1v) is 5.09.